The first kappa shape index (κ1) is 23.8. The van der Waals surface area contributed by atoms with E-state index in [1.54, 1.807) is 31.5 Å². The maximum Gasteiger partial charge on any atom is 0.260 e. The number of amides is 1. The molecule has 2 aromatic rings. The van der Waals surface area contributed by atoms with Crippen molar-refractivity contribution in [1.29, 1.82) is 0 Å². The number of hydrogen-bond donors (Lipinski definition) is 2. The maximum atomic E-state index is 12.6. The summed E-state index contributed by atoms with van der Waals surface area (Å²) in [6, 6.07) is 5.46. The lowest BCUT2D eigenvalue weighted by atomic mass is 10.1. The van der Waals surface area contributed by atoms with Gasteiger partial charge in [0.25, 0.3) is 5.91 Å². The van der Waals surface area contributed by atoms with Crippen molar-refractivity contribution in [2.75, 3.05) is 59.4 Å². The summed E-state index contributed by atoms with van der Waals surface area (Å²) < 4.78 is 16.9. The second-order valence-corrected chi connectivity index (χ2v) is 8.42. The van der Waals surface area contributed by atoms with Crippen molar-refractivity contribution in [2.45, 2.75) is 19.4 Å². The number of carbonyl (C=O) groups is 1. The molecule has 10 nitrogen and oxygen atoms in total. The highest BCUT2D eigenvalue weighted by Crippen LogP contribution is 2.33. The van der Waals surface area contributed by atoms with Crippen LogP contribution in [0.5, 0.6) is 11.5 Å². The van der Waals surface area contributed by atoms with E-state index in [1.165, 1.54) is 0 Å². The normalized spacial score (nSPS) is 18.5. The molecule has 0 radical (unpaired) electrons. The van der Waals surface area contributed by atoms with Crippen LogP contribution in [0.2, 0.25) is 0 Å². The van der Waals surface area contributed by atoms with Crippen LogP contribution in [0.15, 0.2) is 34.4 Å². The highest BCUT2D eigenvalue weighted by atomic mass is 16.5. The molecule has 0 spiro atoms. The summed E-state index contributed by atoms with van der Waals surface area (Å²) in [4.78, 5) is 29.2. The molecule has 4 rings (SSSR count). The number of aromatic amines is 1. The van der Waals surface area contributed by atoms with E-state index in [2.05, 4.69) is 27.2 Å². The Morgan fingerprint density at radius 3 is 2.94 bits per heavy atom. The molecule has 0 fully saturated rings. The van der Waals surface area contributed by atoms with Crippen LogP contribution in [0.25, 0.3) is 0 Å². The first-order chi connectivity index (χ1) is 16.5. The first-order valence-electron chi connectivity index (χ1n) is 11.4. The maximum absolute atomic E-state index is 12.6. The molecule has 2 bridgehead atoms. The highest BCUT2D eigenvalue weighted by Gasteiger charge is 2.21. The zero-order chi connectivity index (χ0) is 23.9. The number of nitrogens with zero attached hydrogens (tertiary/aromatic N) is 4. The van der Waals surface area contributed by atoms with Crippen LogP contribution in [0.3, 0.4) is 0 Å². The van der Waals surface area contributed by atoms with E-state index in [4.69, 9.17) is 19.2 Å². The minimum atomic E-state index is -0.0858. The van der Waals surface area contributed by atoms with Gasteiger partial charge in [0.2, 0.25) is 0 Å². The van der Waals surface area contributed by atoms with E-state index in [9.17, 15) is 4.79 Å². The number of likely N-dealkylation sites (N-methyl/N-ethyl adjacent to an activating group) is 1. The van der Waals surface area contributed by atoms with E-state index < -0.39 is 0 Å². The SMILES string of the molecule is COCCCOc1ccc2cc1OCC(=O)N(C)CCCN(C)Cc1c[nH]c3c1/C(=N\2)N=CN3. The smallest absolute Gasteiger partial charge is 0.260 e. The van der Waals surface area contributed by atoms with Crippen LogP contribution in [-0.2, 0) is 16.1 Å². The number of ether oxygens (including phenoxy) is 3. The predicted octanol–water partition coefficient (Wildman–Crippen LogP) is 2.63. The Hall–Kier alpha value is -3.37. The first-order valence-corrected chi connectivity index (χ1v) is 11.4. The van der Waals surface area contributed by atoms with Crippen LogP contribution < -0.4 is 14.8 Å². The molecule has 182 valence electrons. The molecule has 0 atom stereocenters. The van der Waals surface area contributed by atoms with E-state index in [-0.39, 0.29) is 12.5 Å². The molecule has 3 heterocycles. The quantitative estimate of drug-likeness (QED) is 0.654. The fourth-order valence-corrected chi connectivity index (χ4v) is 3.89. The van der Waals surface area contributed by atoms with Gasteiger partial charge in [-0.25, -0.2) is 9.98 Å². The zero-order valence-corrected chi connectivity index (χ0v) is 20.0. The fraction of sp³-hybridized carbons (Fsp3) is 0.458. The number of rotatable bonds is 5. The van der Waals surface area contributed by atoms with Gasteiger partial charge in [0.1, 0.15) is 5.82 Å². The zero-order valence-electron chi connectivity index (χ0n) is 20.0. The molecule has 0 saturated heterocycles. The van der Waals surface area contributed by atoms with Gasteiger partial charge in [0.05, 0.1) is 24.2 Å². The summed E-state index contributed by atoms with van der Waals surface area (Å²) in [6.07, 6.45) is 5.22. The fourth-order valence-electron chi connectivity index (χ4n) is 3.89. The van der Waals surface area contributed by atoms with Crippen molar-refractivity contribution in [3.63, 3.8) is 0 Å². The molecule has 1 amide bonds. The van der Waals surface area contributed by atoms with Crippen molar-refractivity contribution in [3.05, 3.63) is 35.5 Å². The van der Waals surface area contributed by atoms with Gasteiger partial charge in [-0.3, -0.25) is 4.79 Å². The molecular formula is C24H32N6O4. The molecule has 1 aromatic heterocycles. The molecule has 2 N–H and O–H groups in total. The van der Waals surface area contributed by atoms with Crippen LogP contribution in [0.1, 0.15) is 24.0 Å². The molecular weight excluding hydrogens is 436 g/mol. The van der Waals surface area contributed by atoms with Crippen molar-refractivity contribution < 1.29 is 19.0 Å². The molecule has 0 saturated carbocycles. The lowest BCUT2D eigenvalue weighted by molar-refractivity contribution is -0.132. The number of methoxy groups -OCH3 is 1. The second kappa shape index (κ2) is 11.2. The summed E-state index contributed by atoms with van der Waals surface area (Å²) in [5.74, 6) is 2.44. The Morgan fingerprint density at radius 1 is 1.21 bits per heavy atom. The highest BCUT2D eigenvalue weighted by molar-refractivity contribution is 6.13. The molecule has 0 aliphatic carbocycles. The van der Waals surface area contributed by atoms with Gasteiger partial charge in [-0.2, -0.15) is 0 Å². The number of benzene rings is 1. The molecule has 1 aromatic carbocycles. The topological polar surface area (TPSA) is 104 Å². The third kappa shape index (κ3) is 5.75. The van der Waals surface area contributed by atoms with E-state index in [1.807, 2.05) is 18.3 Å². The summed E-state index contributed by atoms with van der Waals surface area (Å²) in [5, 5.41) is 3.16. The average molecular weight is 469 g/mol. The Morgan fingerprint density at radius 2 is 2.09 bits per heavy atom. The molecule has 0 unspecified atom stereocenters. The number of anilines is 1. The third-order valence-corrected chi connectivity index (χ3v) is 5.74. The summed E-state index contributed by atoms with van der Waals surface area (Å²) in [6.45, 7) is 3.24. The number of fused-ring (bicyclic) bond motifs is 2. The van der Waals surface area contributed by atoms with Gasteiger partial charge in [0.15, 0.2) is 23.9 Å². The Labute approximate surface area is 199 Å². The van der Waals surface area contributed by atoms with Gasteiger partial charge < -0.3 is 34.3 Å². The predicted molar refractivity (Wildman–Crippen MR) is 132 cm³/mol. The number of carbonyl (C=O) groups excluding carboxylic acids is 1. The Balaban J connectivity index is 1.68. The number of amidine groups is 1. The van der Waals surface area contributed by atoms with Crippen LogP contribution >= 0.6 is 0 Å². The van der Waals surface area contributed by atoms with Crippen LogP contribution in [-0.4, -0.2) is 87.0 Å². The average Bonchev–Trinajstić information content (AvgIpc) is 3.24. The third-order valence-electron chi connectivity index (χ3n) is 5.74. The van der Waals surface area contributed by atoms with Crippen LogP contribution in [0.4, 0.5) is 11.5 Å². The molecule has 10 heteroatoms. The Kier molecular flexibility index (Phi) is 7.81. The van der Waals surface area contributed by atoms with Gasteiger partial charge in [0, 0.05) is 52.5 Å². The summed E-state index contributed by atoms with van der Waals surface area (Å²) in [5.41, 5.74) is 2.72. The lowest BCUT2D eigenvalue weighted by Crippen LogP contribution is -2.34. The van der Waals surface area contributed by atoms with Gasteiger partial charge in [-0.1, -0.05) is 0 Å². The minimum Gasteiger partial charge on any atom is -0.490 e. The minimum absolute atomic E-state index is 0.0744. The monoisotopic (exact) mass is 468 g/mol. The second-order valence-electron chi connectivity index (χ2n) is 8.42. The number of aliphatic imine (C=N–C) groups is 2. The largest absolute Gasteiger partial charge is 0.490 e. The lowest BCUT2D eigenvalue weighted by Gasteiger charge is -2.22. The van der Waals surface area contributed by atoms with E-state index >= 15 is 0 Å². The van der Waals surface area contributed by atoms with Crippen molar-refractivity contribution in [3.8, 4) is 11.5 Å². The van der Waals surface area contributed by atoms with Crippen molar-refractivity contribution >= 4 is 29.6 Å². The van der Waals surface area contributed by atoms with Crippen molar-refractivity contribution in [2.24, 2.45) is 9.98 Å². The van der Waals surface area contributed by atoms with Gasteiger partial charge in [-0.05, 0) is 37.7 Å². The molecule has 34 heavy (non-hydrogen) atoms. The van der Waals surface area contributed by atoms with E-state index in [0.29, 0.717) is 42.8 Å². The molecule has 2 aliphatic rings. The standard InChI is InChI=1S/C24H32N6O4/c1-29-8-4-9-30(2)21(31)15-34-20-12-18(6-7-19(20)33-11-5-10-32-3)28-24-22-17(14-29)13-25-23(22)26-16-27-24/h6-7,12-13,16H,4-5,8-11,14-15H2,1-3H3,(H2,25,26,27,28). The summed E-state index contributed by atoms with van der Waals surface area (Å²) in [7, 11) is 5.53. The number of H-pyrrole nitrogens is 1. The van der Waals surface area contributed by atoms with Gasteiger partial charge >= 0.3 is 0 Å². The van der Waals surface area contributed by atoms with Crippen LogP contribution in [0, 0.1) is 0 Å². The van der Waals surface area contributed by atoms with Gasteiger partial charge in [-0.15, -0.1) is 0 Å². The number of aromatic nitrogens is 1. The number of nitrogens with one attached hydrogen (secondary N) is 2. The number of hydrogen-bond acceptors (Lipinski definition) is 8. The van der Waals surface area contributed by atoms with Crippen molar-refractivity contribution in [1.82, 2.24) is 14.8 Å². The Bertz CT molecular complexity index is 1060. The van der Waals surface area contributed by atoms with E-state index in [0.717, 1.165) is 42.9 Å². The summed E-state index contributed by atoms with van der Waals surface area (Å²) >= 11 is 0. The molecule has 2 aliphatic heterocycles.